The van der Waals surface area contributed by atoms with Crippen LogP contribution >= 0.6 is 27.5 Å². The van der Waals surface area contributed by atoms with Crippen LogP contribution in [0.4, 0.5) is 8.78 Å². The van der Waals surface area contributed by atoms with Crippen molar-refractivity contribution in [3.63, 3.8) is 0 Å². The largest absolute Gasteiger partial charge is 0.298 e. The van der Waals surface area contributed by atoms with E-state index < -0.39 is 12.0 Å². The number of carbonyl (C=O) groups excluding carboxylic acids is 1. The molecule has 6 heteroatoms. The molecule has 0 aromatic carbocycles. The molecule has 0 unspecified atom stereocenters. The lowest BCUT2D eigenvalue weighted by atomic mass is 10.2. The van der Waals surface area contributed by atoms with Crippen LogP contribution in [-0.2, 0) is 0 Å². The highest BCUT2D eigenvalue weighted by atomic mass is 79.9. The van der Waals surface area contributed by atoms with Gasteiger partial charge in [0.05, 0.1) is 4.47 Å². The minimum atomic E-state index is -2.73. The Hall–Kier alpha value is -0.550. The second-order valence-corrected chi connectivity index (χ2v) is 3.30. The molecule has 1 heterocycles. The van der Waals surface area contributed by atoms with E-state index in [4.69, 9.17) is 11.6 Å². The topological polar surface area (TPSA) is 30.0 Å². The number of hydrogen-bond acceptors (Lipinski definition) is 2. The molecule has 0 spiro atoms. The van der Waals surface area contributed by atoms with Crippen molar-refractivity contribution in [2.24, 2.45) is 0 Å². The van der Waals surface area contributed by atoms with E-state index in [1.54, 1.807) is 0 Å². The van der Waals surface area contributed by atoms with E-state index in [2.05, 4.69) is 20.9 Å². The zero-order chi connectivity index (χ0) is 10.0. The first kappa shape index (κ1) is 10.5. The number of hydrogen-bond donors (Lipinski definition) is 0. The molecule has 1 rings (SSSR count). The van der Waals surface area contributed by atoms with E-state index in [0.29, 0.717) is 6.29 Å². The Labute approximate surface area is 86.0 Å². The van der Waals surface area contributed by atoms with Crippen molar-refractivity contribution in [2.75, 3.05) is 0 Å². The standard InChI is InChI=1S/C7H3BrClF2NO/c8-5-4(2-13)3(7(10)11)1-12-6(5)9/h1-2,7H. The van der Waals surface area contributed by atoms with Gasteiger partial charge in [-0.15, -0.1) is 0 Å². The minimum absolute atomic E-state index is 0.00787. The first-order valence-electron chi connectivity index (χ1n) is 3.15. The van der Waals surface area contributed by atoms with Crippen molar-refractivity contribution in [1.82, 2.24) is 4.98 Å². The quantitative estimate of drug-likeness (QED) is 0.610. The molecule has 2 nitrogen and oxygen atoms in total. The third-order valence-electron chi connectivity index (χ3n) is 1.40. The van der Waals surface area contributed by atoms with Crippen LogP contribution in [0.25, 0.3) is 0 Å². The lowest BCUT2D eigenvalue weighted by Crippen LogP contribution is -1.97. The van der Waals surface area contributed by atoms with Gasteiger partial charge in [-0.25, -0.2) is 13.8 Å². The highest BCUT2D eigenvalue weighted by Gasteiger charge is 2.17. The predicted octanol–water partition coefficient (Wildman–Crippen LogP) is 3.25. The minimum Gasteiger partial charge on any atom is -0.298 e. The summed E-state index contributed by atoms with van der Waals surface area (Å²) in [5, 5.41) is -0.00787. The van der Waals surface area contributed by atoms with Crippen LogP contribution in [0, 0.1) is 0 Å². The summed E-state index contributed by atoms with van der Waals surface area (Å²) in [5.74, 6) is 0. The molecular formula is C7H3BrClF2NO. The van der Waals surface area contributed by atoms with Gasteiger partial charge < -0.3 is 0 Å². The lowest BCUT2D eigenvalue weighted by Gasteiger charge is -2.05. The summed E-state index contributed by atoms with van der Waals surface area (Å²) in [6, 6.07) is 0. The Bertz CT molecular complexity index is 346. The van der Waals surface area contributed by atoms with E-state index in [-0.39, 0.29) is 15.2 Å². The fraction of sp³-hybridized carbons (Fsp3) is 0.143. The molecule has 0 N–H and O–H groups in total. The summed E-state index contributed by atoms with van der Waals surface area (Å²) >= 11 is 8.41. The molecule has 0 radical (unpaired) electrons. The Kier molecular flexibility index (Phi) is 3.33. The molecule has 70 valence electrons. The van der Waals surface area contributed by atoms with E-state index in [0.717, 1.165) is 6.20 Å². The second kappa shape index (κ2) is 4.11. The van der Waals surface area contributed by atoms with E-state index in [9.17, 15) is 13.6 Å². The lowest BCUT2D eigenvalue weighted by molar-refractivity contribution is 0.110. The molecular weight excluding hydrogens is 267 g/mol. The van der Waals surface area contributed by atoms with Gasteiger partial charge >= 0.3 is 0 Å². The summed E-state index contributed by atoms with van der Waals surface area (Å²) in [5.41, 5.74) is -0.582. The Balaban J connectivity index is 3.38. The third kappa shape index (κ3) is 2.03. The SMILES string of the molecule is O=Cc1c(C(F)F)cnc(Cl)c1Br. The number of carbonyl (C=O) groups is 1. The van der Waals surface area contributed by atoms with Crippen LogP contribution in [0.15, 0.2) is 10.7 Å². The molecule has 0 bridgehead atoms. The molecule has 0 aliphatic rings. The van der Waals surface area contributed by atoms with Gasteiger partial charge in [0.15, 0.2) is 6.29 Å². The smallest absolute Gasteiger partial charge is 0.266 e. The van der Waals surface area contributed by atoms with Crippen molar-refractivity contribution in [3.8, 4) is 0 Å². The summed E-state index contributed by atoms with van der Waals surface area (Å²) in [4.78, 5) is 13.9. The number of pyridine rings is 1. The average Bonchev–Trinajstić information content (AvgIpc) is 2.09. The van der Waals surface area contributed by atoms with Gasteiger partial charge in [0.2, 0.25) is 0 Å². The molecule has 0 saturated carbocycles. The first-order valence-corrected chi connectivity index (χ1v) is 4.32. The molecule has 0 fully saturated rings. The predicted molar refractivity (Wildman–Crippen MR) is 47.3 cm³/mol. The molecule has 0 atom stereocenters. The molecule has 0 amide bonds. The van der Waals surface area contributed by atoms with E-state index in [1.165, 1.54) is 0 Å². The van der Waals surface area contributed by atoms with Crippen LogP contribution in [-0.4, -0.2) is 11.3 Å². The molecule has 13 heavy (non-hydrogen) atoms. The number of halogens is 4. The van der Waals surface area contributed by atoms with Crippen LogP contribution in [0.2, 0.25) is 5.15 Å². The number of aromatic nitrogens is 1. The molecule has 0 saturated heterocycles. The van der Waals surface area contributed by atoms with Crippen LogP contribution in [0.5, 0.6) is 0 Å². The summed E-state index contributed by atoms with van der Waals surface area (Å²) in [6.45, 7) is 0. The summed E-state index contributed by atoms with van der Waals surface area (Å²) in [7, 11) is 0. The van der Waals surface area contributed by atoms with Crippen molar-refractivity contribution in [1.29, 1.82) is 0 Å². The first-order chi connectivity index (χ1) is 6.07. The van der Waals surface area contributed by atoms with Gasteiger partial charge in [0.1, 0.15) is 5.15 Å². The van der Waals surface area contributed by atoms with Gasteiger partial charge in [-0.3, -0.25) is 4.79 Å². The van der Waals surface area contributed by atoms with Gasteiger partial charge in [-0.05, 0) is 15.9 Å². The highest BCUT2D eigenvalue weighted by molar-refractivity contribution is 9.10. The third-order valence-corrected chi connectivity index (χ3v) is 2.72. The molecule has 1 aromatic heterocycles. The summed E-state index contributed by atoms with van der Waals surface area (Å²) < 4.78 is 24.6. The zero-order valence-electron chi connectivity index (χ0n) is 6.10. The molecule has 0 aliphatic heterocycles. The van der Waals surface area contributed by atoms with Gasteiger partial charge in [-0.2, -0.15) is 0 Å². The van der Waals surface area contributed by atoms with Crippen molar-refractivity contribution in [3.05, 3.63) is 26.9 Å². The van der Waals surface area contributed by atoms with Crippen LogP contribution in [0.1, 0.15) is 22.3 Å². The fourth-order valence-electron chi connectivity index (χ4n) is 0.784. The number of aldehydes is 1. The van der Waals surface area contributed by atoms with Gasteiger partial charge in [0.25, 0.3) is 6.43 Å². The highest BCUT2D eigenvalue weighted by Crippen LogP contribution is 2.30. The number of rotatable bonds is 2. The van der Waals surface area contributed by atoms with Crippen LogP contribution in [0.3, 0.4) is 0 Å². The van der Waals surface area contributed by atoms with Crippen molar-refractivity contribution >= 4 is 33.8 Å². The summed E-state index contributed by atoms with van der Waals surface area (Å²) in [6.07, 6.45) is -1.53. The number of alkyl halides is 2. The normalized spacial score (nSPS) is 10.5. The van der Waals surface area contributed by atoms with Crippen LogP contribution < -0.4 is 0 Å². The monoisotopic (exact) mass is 269 g/mol. The van der Waals surface area contributed by atoms with Crippen molar-refractivity contribution in [2.45, 2.75) is 6.43 Å². The Morgan fingerprint density at radius 3 is 2.69 bits per heavy atom. The zero-order valence-corrected chi connectivity index (χ0v) is 8.44. The van der Waals surface area contributed by atoms with Crippen molar-refractivity contribution < 1.29 is 13.6 Å². The maximum absolute atomic E-state index is 12.3. The van der Waals surface area contributed by atoms with Gasteiger partial charge in [-0.1, -0.05) is 11.6 Å². The average molecular weight is 270 g/mol. The van der Waals surface area contributed by atoms with E-state index >= 15 is 0 Å². The number of nitrogens with zero attached hydrogens (tertiary/aromatic N) is 1. The maximum Gasteiger partial charge on any atom is 0.266 e. The second-order valence-electron chi connectivity index (χ2n) is 2.15. The van der Waals surface area contributed by atoms with Gasteiger partial charge in [0, 0.05) is 17.3 Å². The fourth-order valence-corrected chi connectivity index (χ4v) is 1.36. The Morgan fingerprint density at radius 2 is 2.23 bits per heavy atom. The molecule has 1 aromatic rings. The Morgan fingerprint density at radius 1 is 1.62 bits per heavy atom. The molecule has 0 aliphatic carbocycles. The van der Waals surface area contributed by atoms with E-state index in [1.807, 2.05) is 0 Å². The maximum atomic E-state index is 12.3.